The second-order valence-corrected chi connectivity index (χ2v) is 5.39. The standard InChI is InChI=1S/C17H22N2O2/c1-12(2)14-6-4-13(5-7-14)10-18-11-15-8-9-16(19-15)17(20)21-3/h4-9,12,18-19H,10-11H2,1-3H3. The molecule has 0 fully saturated rings. The fourth-order valence-electron chi connectivity index (χ4n) is 2.13. The fourth-order valence-corrected chi connectivity index (χ4v) is 2.13. The van der Waals surface area contributed by atoms with Crippen LogP contribution in [0.4, 0.5) is 0 Å². The van der Waals surface area contributed by atoms with Crippen LogP contribution < -0.4 is 5.32 Å². The number of carbonyl (C=O) groups is 1. The van der Waals surface area contributed by atoms with Gasteiger partial charge in [0.05, 0.1) is 7.11 Å². The molecule has 1 heterocycles. The Balaban J connectivity index is 1.83. The van der Waals surface area contributed by atoms with Crippen LogP contribution in [0.5, 0.6) is 0 Å². The molecule has 0 aliphatic carbocycles. The van der Waals surface area contributed by atoms with Crippen LogP contribution in [0.3, 0.4) is 0 Å². The second-order valence-electron chi connectivity index (χ2n) is 5.39. The highest BCUT2D eigenvalue weighted by atomic mass is 16.5. The number of rotatable bonds is 6. The van der Waals surface area contributed by atoms with E-state index in [1.54, 1.807) is 6.07 Å². The lowest BCUT2D eigenvalue weighted by Gasteiger charge is -2.07. The third kappa shape index (κ3) is 4.20. The zero-order chi connectivity index (χ0) is 15.2. The van der Waals surface area contributed by atoms with E-state index in [9.17, 15) is 4.79 Å². The van der Waals surface area contributed by atoms with Gasteiger partial charge >= 0.3 is 5.97 Å². The highest BCUT2D eigenvalue weighted by Gasteiger charge is 2.07. The van der Waals surface area contributed by atoms with Crippen molar-refractivity contribution in [1.29, 1.82) is 0 Å². The molecule has 0 amide bonds. The van der Waals surface area contributed by atoms with Gasteiger partial charge in [0.1, 0.15) is 5.69 Å². The van der Waals surface area contributed by atoms with Crippen LogP contribution in [0.25, 0.3) is 0 Å². The second kappa shape index (κ2) is 7.09. The van der Waals surface area contributed by atoms with E-state index < -0.39 is 0 Å². The molecular weight excluding hydrogens is 264 g/mol. The highest BCUT2D eigenvalue weighted by Crippen LogP contribution is 2.14. The van der Waals surface area contributed by atoms with Gasteiger partial charge in [0.15, 0.2) is 0 Å². The Morgan fingerprint density at radius 3 is 2.48 bits per heavy atom. The smallest absolute Gasteiger partial charge is 0.354 e. The molecule has 0 radical (unpaired) electrons. The van der Waals surface area contributed by atoms with Gasteiger partial charge in [-0.2, -0.15) is 0 Å². The maximum absolute atomic E-state index is 11.3. The van der Waals surface area contributed by atoms with E-state index >= 15 is 0 Å². The van der Waals surface area contributed by atoms with E-state index in [0.717, 1.165) is 12.2 Å². The largest absolute Gasteiger partial charge is 0.464 e. The van der Waals surface area contributed by atoms with Gasteiger partial charge in [0, 0.05) is 18.8 Å². The Morgan fingerprint density at radius 2 is 1.86 bits per heavy atom. The topological polar surface area (TPSA) is 54.1 Å². The summed E-state index contributed by atoms with van der Waals surface area (Å²) in [4.78, 5) is 14.4. The highest BCUT2D eigenvalue weighted by molar-refractivity contribution is 5.87. The van der Waals surface area contributed by atoms with Crippen LogP contribution in [0.2, 0.25) is 0 Å². The Kier molecular flexibility index (Phi) is 5.17. The Bertz CT molecular complexity index is 585. The van der Waals surface area contributed by atoms with Crippen molar-refractivity contribution in [2.75, 3.05) is 7.11 Å². The normalized spacial score (nSPS) is 10.9. The molecule has 0 aliphatic rings. The Labute approximate surface area is 125 Å². The van der Waals surface area contributed by atoms with Gasteiger partial charge in [-0.3, -0.25) is 0 Å². The molecule has 0 saturated carbocycles. The number of H-pyrrole nitrogens is 1. The summed E-state index contributed by atoms with van der Waals surface area (Å²) in [6.45, 7) is 5.86. The molecule has 2 aromatic rings. The number of hydrogen-bond donors (Lipinski definition) is 2. The molecule has 21 heavy (non-hydrogen) atoms. The molecule has 2 rings (SSSR count). The molecule has 1 aromatic heterocycles. The molecule has 112 valence electrons. The van der Waals surface area contributed by atoms with E-state index in [-0.39, 0.29) is 5.97 Å². The van der Waals surface area contributed by atoms with Crippen LogP contribution in [-0.2, 0) is 17.8 Å². The van der Waals surface area contributed by atoms with Crippen molar-refractivity contribution in [3.8, 4) is 0 Å². The van der Waals surface area contributed by atoms with Gasteiger partial charge in [0.2, 0.25) is 0 Å². The van der Waals surface area contributed by atoms with Crippen molar-refractivity contribution in [1.82, 2.24) is 10.3 Å². The molecule has 4 heteroatoms. The van der Waals surface area contributed by atoms with E-state index in [2.05, 4.69) is 53.2 Å². The number of ether oxygens (including phenoxy) is 1. The summed E-state index contributed by atoms with van der Waals surface area (Å²) < 4.78 is 4.66. The first-order valence-corrected chi connectivity index (χ1v) is 7.16. The number of carbonyl (C=O) groups excluding carboxylic acids is 1. The quantitative estimate of drug-likeness (QED) is 0.802. The maximum atomic E-state index is 11.3. The van der Waals surface area contributed by atoms with Crippen molar-refractivity contribution in [3.63, 3.8) is 0 Å². The molecule has 0 saturated heterocycles. The zero-order valence-corrected chi connectivity index (χ0v) is 12.8. The molecular formula is C17H22N2O2. The molecule has 0 aliphatic heterocycles. The number of methoxy groups -OCH3 is 1. The van der Waals surface area contributed by atoms with Crippen LogP contribution in [0.1, 0.15) is 47.1 Å². The number of hydrogen-bond acceptors (Lipinski definition) is 3. The molecule has 0 unspecified atom stereocenters. The molecule has 2 N–H and O–H groups in total. The van der Waals surface area contributed by atoms with Crippen molar-refractivity contribution in [2.24, 2.45) is 0 Å². The van der Waals surface area contributed by atoms with Crippen molar-refractivity contribution < 1.29 is 9.53 Å². The molecule has 1 aromatic carbocycles. The van der Waals surface area contributed by atoms with Crippen molar-refractivity contribution in [3.05, 3.63) is 58.9 Å². The minimum Gasteiger partial charge on any atom is -0.464 e. The number of benzene rings is 1. The van der Waals surface area contributed by atoms with Gasteiger partial charge in [-0.1, -0.05) is 38.1 Å². The first-order chi connectivity index (χ1) is 10.1. The van der Waals surface area contributed by atoms with Gasteiger partial charge < -0.3 is 15.0 Å². The van der Waals surface area contributed by atoms with Gasteiger partial charge in [-0.15, -0.1) is 0 Å². The lowest BCUT2D eigenvalue weighted by molar-refractivity contribution is 0.0594. The molecule has 0 bridgehead atoms. The number of esters is 1. The number of aromatic nitrogens is 1. The maximum Gasteiger partial charge on any atom is 0.354 e. The summed E-state index contributed by atoms with van der Waals surface area (Å²) in [7, 11) is 1.38. The zero-order valence-electron chi connectivity index (χ0n) is 12.8. The first-order valence-electron chi connectivity index (χ1n) is 7.16. The lowest BCUT2D eigenvalue weighted by atomic mass is 10.0. The average molecular weight is 286 g/mol. The lowest BCUT2D eigenvalue weighted by Crippen LogP contribution is -2.13. The Hall–Kier alpha value is -2.07. The SMILES string of the molecule is COC(=O)c1ccc(CNCc2ccc(C(C)C)cc2)[nH]1. The predicted octanol–water partition coefficient (Wildman–Crippen LogP) is 3.21. The molecule has 0 spiro atoms. The summed E-state index contributed by atoms with van der Waals surface area (Å²) in [5.41, 5.74) is 4.05. The van der Waals surface area contributed by atoms with E-state index in [1.165, 1.54) is 18.2 Å². The predicted molar refractivity (Wildman–Crippen MR) is 83.2 cm³/mol. The van der Waals surface area contributed by atoms with Gasteiger partial charge in [0.25, 0.3) is 0 Å². The van der Waals surface area contributed by atoms with Crippen molar-refractivity contribution in [2.45, 2.75) is 32.9 Å². The molecule has 4 nitrogen and oxygen atoms in total. The monoisotopic (exact) mass is 286 g/mol. The fraction of sp³-hybridized carbons (Fsp3) is 0.353. The third-order valence-corrected chi connectivity index (χ3v) is 3.44. The van der Waals surface area contributed by atoms with E-state index in [1.807, 2.05) is 6.07 Å². The average Bonchev–Trinajstić information content (AvgIpc) is 2.96. The summed E-state index contributed by atoms with van der Waals surface area (Å²) in [6, 6.07) is 12.3. The summed E-state index contributed by atoms with van der Waals surface area (Å²) in [5, 5.41) is 3.35. The molecule has 0 atom stereocenters. The number of aromatic amines is 1. The van der Waals surface area contributed by atoms with E-state index in [0.29, 0.717) is 18.2 Å². The number of nitrogens with one attached hydrogen (secondary N) is 2. The van der Waals surface area contributed by atoms with E-state index in [4.69, 9.17) is 0 Å². The van der Waals surface area contributed by atoms with Crippen LogP contribution in [0.15, 0.2) is 36.4 Å². The van der Waals surface area contributed by atoms with Crippen LogP contribution >= 0.6 is 0 Å². The first kappa shape index (κ1) is 15.3. The summed E-state index contributed by atoms with van der Waals surface area (Å²) >= 11 is 0. The third-order valence-electron chi connectivity index (χ3n) is 3.44. The van der Waals surface area contributed by atoms with Crippen molar-refractivity contribution >= 4 is 5.97 Å². The van der Waals surface area contributed by atoms with Gasteiger partial charge in [-0.05, 0) is 29.2 Å². The Morgan fingerprint density at radius 1 is 1.14 bits per heavy atom. The van der Waals surface area contributed by atoms with Crippen LogP contribution in [0, 0.1) is 0 Å². The summed E-state index contributed by atoms with van der Waals surface area (Å²) in [5.74, 6) is 0.216. The van der Waals surface area contributed by atoms with Gasteiger partial charge in [-0.25, -0.2) is 4.79 Å². The van der Waals surface area contributed by atoms with Crippen LogP contribution in [-0.4, -0.2) is 18.1 Å². The summed E-state index contributed by atoms with van der Waals surface area (Å²) in [6.07, 6.45) is 0. The minimum absolute atomic E-state index is 0.342. The minimum atomic E-state index is -0.342.